The first-order valence-corrected chi connectivity index (χ1v) is 22.5. The monoisotopic (exact) mass is 816 g/mol. The van der Waals surface area contributed by atoms with Gasteiger partial charge in [0.15, 0.2) is 0 Å². The zero-order valence-electron chi connectivity index (χ0n) is 35.6. The molecule has 10 aromatic rings. The molecule has 0 radical (unpaired) electrons. The van der Waals surface area contributed by atoms with Crippen molar-refractivity contribution < 1.29 is 0 Å². The molecule has 0 aliphatic heterocycles. The fraction of sp³-hybridized carbons (Fsp3) is 0.0645. The predicted octanol–water partition coefficient (Wildman–Crippen LogP) is 15.7. The highest BCUT2D eigenvalue weighted by Gasteiger charge is 2.53. The number of rotatable bonds is 6. The number of para-hydroxylation sites is 1. The molecular weight excluding hydrogens is 773 g/mol. The number of allylic oxidation sites excluding steroid dienone is 2. The third-order valence-corrected chi connectivity index (χ3v) is 14.4. The van der Waals surface area contributed by atoms with Crippen LogP contribution in [0.1, 0.15) is 41.2 Å². The standard InChI is InChI=1S/C62H44N2/c1-61(40-38-45(39-41-61)43-18-6-3-7-19-43)64(47-30-28-44(29-31-47)42-16-4-2-5-17-42)48-34-32-46(33-35-48)63-58-27-15-11-23-52(58)54-37-36-53-51-22-10-14-26-57(51)62(59(53)60(54)63)55-24-12-8-20-49(55)50-21-9-13-25-56(50)62/h2-40H,41H2,1H3. The molecule has 3 aliphatic rings. The van der Waals surface area contributed by atoms with Crippen molar-refractivity contribution in [3.8, 4) is 39.1 Å². The number of hydrogen-bond acceptors (Lipinski definition) is 1. The average Bonchev–Trinajstić information content (AvgIpc) is 3.97. The number of nitrogens with zero attached hydrogens (tertiary/aromatic N) is 2. The van der Waals surface area contributed by atoms with Crippen molar-refractivity contribution in [3.05, 3.63) is 264 Å². The summed E-state index contributed by atoms with van der Waals surface area (Å²) in [6.45, 7) is 2.37. The Labute approximate surface area is 374 Å². The summed E-state index contributed by atoms with van der Waals surface area (Å²) < 4.78 is 2.56. The normalized spacial score (nSPS) is 16.4. The van der Waals surface area contributed by atoms with Gasteiger partial charge in [0.1, 0.15) is 0 Å². The van der Waals surface area contributed by atoms with Crippen LogP contribution in [-0.4, -0.2) is 10.1 Å². The highest BCUT2D eigenvalue weighted by Crippen LogP contribution is 2.64. The van der Waals surface area contributed by atoms with E-state index in [1.165, 1.54) is 88.6 Å². The molecule has 0 bridgehead atoms. The minimum Gasteiger partial charge on any atom is -0.332 e. The van der Waals surface area contributed by atoms with Crippen LogP contribution in [-0.2, 0) is 5.41 Å². The summed E-state index contributed by atoms with van der Waals surface area (Å²) in [5, 5.41) is 2.53. The van der Waals surface area contributed by atoms with Crippen LogP contribution in [0.2, 0.25) is 0 Å². The van der Waals surface area contributed by atoms with Crippen LogP contribution in [0, 0.1) is 0 Å². The Kier molecular flexibility index (Phi) is 8.05. The molecule has 0 amide bonds. The first-order valence-electron chi connectivity index (χ1n) is 22.5. The Bertz CT molecular complexity index is 3450. The van der Waals surface area contributed by atoms with Gasteiger partial charge in [-0.2, -0.15) is 0 Å². The summed E-state index contributed by atoms with van der Waals surface area (Å²) in [4.78, 5) is 2.53. The van der Waals surface area contributed by atoms with Crippen LogP contribution in [0.25, 0.3) is 66.4 Å². The maximum Gasteiger partial charge on any atom is 0.0746 e. The zero-order chi connectivity index (χ0) is 42.4. The van der Waals surface area contributed by atoms with Gasteiger partial charge in [-0.1, -0.05) is 194 Å². The van der Waals surface area contributed by atoms with Crippen molar-refractivity contribution in [2.75, 3.05) is 4.90 Å². The van der Waals surface area contributed by atoms with Crippen LogP contribution in [0.3, 0.4) is 0 Å². The van der Waals surface area contributed by atoms with E-state index in [-0.39, 0.29) is 5.54 Å². The summed E-state index contributed by atoms with van der Waals surface area (Å²) in [5.74, 6) is 0. The molecule has 1 aromatic heterocycles. The van der Waals surface area contributed by atoms with Crippen molar-refractivity contribution in [1.82, 2.24) is 4.57 Å². The van der Waals surface area contributed by atoms with E-state index in [1.807, 2.05) is 0 Å². The van der Waals surface area contributed by atoms with E-state index in [0.29, 0.717) is 0 Å². The number of aromatic nitrogens is 1. The molecule has 3 aliphatic carbocycles. The van der Waals surface area contributed by atoms with Crippen LogP contribution in [0.4, 0.5) is 11.4 Å². The smallest absolute Gasteiger partial charge is 0.0746 e. The Morgan fingerprint density at radius 3 is 1.56 bits per heavy atom. The van der Waals surface area contributed by atoms with E-state index in [9.17, 15) is 0 Å². The number of benzene rings is 9. The number of hydrogen-bond donors (Lipinski definition) is 0. The number of anilines is 2. The summed E-state index contributed by atoms with van der Waals surface area (Å²) in [6.07, 6.45) is 7.98. The Balaban J connectivity index is 1.01. The van der Waals surface area contributed by atoms with Gasteiger partial charge in [-0.3, -0.25) is 0 Å². The lowest BCUT2D eigenvalue weighted by Crippen LogP contribution is -2.42. The van der Waals surface area contributed by atoms with Gasteiger partial charge in [0.25, 0.3) is 0 Å². The molecular formula is C62H44N2. The molecule has 0 saturated carbocycles. The molecule has 1 atom stereocenters. The molecule has 0 N–H and O–H groups in total. The SMILES string of the molecule is CC1(N(c2ccc(-c3ccccc3)cc2)c2ccc(-n3c4ccccc4c4ccc5c(c43)C3(c4ccccc4-c4ccccc43)c3ccccc3-5)cc2)C=CC(c2ccccc2)=CC1. The molecule has 2 heteroatoms. The summed E-state index contributed by atoms with van der Waals surface area (Å²) in [6, 6.07) is 81.0. The average molecular weight is 817 g/mol. The largest absolute Gasteiger partial charge is 0.332 e. The molecule has 0 fully saturated rings. The highest BCUT2D eigenvalue weighted by atomic mass is 15.2. The summed E-state index contributed by atoms with van der Waals surface area (Å²) in [5.41, 5.74) is 20.8. The fourth-order valence-corrected chi connectivity index (χ4v) is 11.6. The maximum atomic E-state index is 2.56. The highest BCUT2D eigenvalue weighted by molar-refractivity contribution is 6.14. The van der Waals surface area contributed by atoms with Gasteiger partial charge in [-0.25, -0.2) is 0 Å². The molecule has 1 spiro atoms. The third kappa shape index (κ3) is 5.20. The molecule has 9 aromatic carbocycles. The Morgan fingerprint density at radius 1 is 0.438 bits per heavy atom. The van der Waals surface area contributed by atoms with Gasteiger partial charge in [-0.15, -0.1) is 0 Å². The van der Waals surface area contributed by atoms with E-state index in [4.69, 9.17) is 0 Å². The van der Waals surface area contributed by atoms with Crippen LogP contribution < -0.4 is 4.90 Å². The van der Waals surface area contributed by atoms with Gasteiger partial charge in [0.05, 0.1) is 22.0 Å². The van der Waals surface area contributed by atoms with Crippen molar-refractivity contribution in [1.29, 1.82) is 0 Å². The second-order valence-corrected chi connectivity index (χ2v) is 17.8. The number of fused-ring (bicyclic) bond motifs is 14. The fourth-order valence-electron chi connectivity index (χ4n) is 11.6. The lowest BCUT2D eigenvalue weighted by atomic mass is 9.70. The maximum absolute atomic E-state index is 2.56. The van der Waals surface area contributed by atoms with Crippen LogP contribution in [0.15, 0.2) is 237 Å². The van der Waals surface area contributed by atoms with Crippen LogP contribution >= 0.6 is 0 Å². The summed E-state index contributed by atoms with van der Waals surface area (Å²) >= 11 is 0. The van der Waals surface area contributed by atoms with Crippen molar-refractivity contribution in [3.63, 3.8) is 0 Å². The molecule has 1 unspecified atom stereocenters. The lowest BCUT2D eigenvalue weighted by Gasteiger charge is -2.42. The predicted molar refractivity (Wildman–Crippen MR) is 268 cm³/mol. The van der Waals surface area contributed by atoms with E-state index < -0.39 is 5.41 Å². The lowest BCUT2D eigenvalue weighted by molar-refractivity contribution is 0.571. The minimum atomic E-state index is -0.471. The van der Waals surface area contributed by atoms with E-state index in [0.717, 1.165) is 23.5 Å². The van der Waals surface area contributed by atoms with Gasteiger partial charge in [0, 0.05) is 33.4 Å². The van der Waals surface area contributed by atoms with Gasteiger partial charge in [0.2, 0.25) is 0 Å². The molecule has 13 rings (SSSR count). The Hall–Kier alpha value is -7.94. The first kappa shape index (κ1) is 36.7. The topological polar surface area (TPSA) is 8.17 Å². The molecule has 1 heterocycles. The van der Waals surface area contributed by atoms with Crippen molar-refractivity contribution >= 4 is 38.8 Å². The minimum absolute atomic E-state index is 0.316. The Morgan fingerprint density at radius 2 is 0.953 bits per heavy atom. The van der Waals surface area contributed by atoms with Crippen molar-refractivity contribution in [2.24, 2.45) is 0 Å². The molecule has 2 nitrogen and oxygen atoms in total. The quantitative estimate of drug-likeness (QED) is 0.162. The first-order chi connectivity index (χ1) is 31.6. The van der Waals surface area contributed by atoms with Gasteiger partial charge < -0.3 is 9.47 Å². The summed E-state index contributed by atoms with van der Waals surface area (Å²) in [7, 11) is 0. The van der Waals surface area contributed by atoms with E-state index in [2.05, 4.69) is 253 Å². The molecule has 302 valence electrons. The third-order valence-electron chi connectivity index (χ3n) is 14.4. The molecule has 0 saturated heterocycles. The second-order valence-electron chi connectivity index (χ2n) is 17.8. The van der Waals surface area contributed by atoms with Crippen LogP contribution in [0.5, 0.6) is 0 Å². The second kappa shape index (κ2) is 14.0. The van der Waals surface area contributed by atoms with Gasteiger partial charge >= 0.3 is 0 Å². The molecule has 64 heavy (non-hydrogen) atoms. The van der Waals surface area contributed by atoms with Gasteiger partial charge in [-0.05, 0) is 117 Å². The van der Waals surface area contributed by atoms with E-state index in [1.54, 1.807) is 0 Å². The van der Waals surface area contributed by atoms with E-state index >= 15 is 0 Å². The van der Waals surface area contributed by atoms with Crippen molar-refractivity contribution in [2.45, 2.75) is 24.3 Å². The zero-order valence-corrected chi connectivity index (χ0v) is 35.6.